The van der Waals surface area contributed by atoms with Gasteiger partial charge in [0.25, 0.3) is 5.91 Å². The van der Waals surface area contributed by atoms with E-state index in [0.717, 1.165) is 5.56 Å². The lowest BCUT2D eigenvalue weighted by molar-refractivity contribution is -0.113. The van der Waals surface area contributed by atoms with E-state index in [-0.39, 0.29) is 12.5 Å². The largest absolute Gasteiger partial charge is 0.493 e. The number of aromatic nitrogens is 3. The molecule has 0 spiro atoms. The molecular weight excluding hydrogens is 441 g/mol. The highest BCUT2D eigenvalue weighted by Crippen LogP contribution is 2.39. The number of ether oxygens (including phenoxy) is 2. The van der Waals surface area contributed by atoms with E-state index in [0.29, 0.717) is 53.1 Å². The molecule has 1 aromatic heterocycles. The van der Waals surface area contributed by atoms with Crippen LogP contribution in [0.5, 0.6) is 11.5 Å². The van der Waals surface area contributed by atoms with E-state index in [1.54, 1.807) is 38.0 Å². The van der Waals surface area contributed by atoms with Crippen LogP contribution in [-0.2, 0) is 11.2 Å². The van der Waals surface area contributed by atoms with Gasteiger partial charge in [-0.1, -0.05) is 6.07 Å². The van der Waals surface area contributed by atoms with Crippen LogP contribution in [-0.4, -0.2) is 46.6 Å². The average Bonchev–Trinajstić information content (AvgIpc) is 3.24. The van der Waals surface area contributed by atoms with Crippen molar-refractivity contribution in [2.24, 2.45) is 0 Å². The molecule has 0 fully saturated rings. The van der Waals surface area contributed by atoms with Crippen LogP contribution in [0.1, 0.15) is 30.8 Å². The van der Waals surface area contributed by atoms with Crippen molar-refractivity contribution in [1.29, 1.82) is 0 Å². The van der Waals surface area contributed by atoms with Crippen molar-refractivity contribution in [3.05, 3.63) is 70.9 Å². The summed E-state index contributed by atoms with van der Waals surface area (Å²) in [7, 11) is 3.10. The Morgan fingerprint density at radius 1 is 1.18 bits per heavy atom. The van der Waals surface area contributed by atoms with Crippen LogP contribution in [0.4, 0.5) is 16.0 Å². The highest BCUT2D eigenvalue weighted by molar-refractivity contribution is 6.06. The summed E-state index contributed by atoms with van der Waals surface area (Å²) in [6.45, 7) is 1.82. The molecule has 3 N–H and O–H groups in total. The molecule has 0 bridgehead atoms. The second-order valence-corrected chi connectivity index (χ2v) is 7.77. The Balaban J connectivity index is 1.79. The normalized spacial score (nSPS) is 14.9. The molecule has 1 aliphatic rings. The third kappa shape index (κ3) is 4.58. The lowest BCUT2D eigenvalue weighted by Crippen LogP contribution is -2.31. The van der Waals surface area contributed by atoms with Crippen LogP contribution in [0.25, 0.3) is 0 Å². The molecule has 34 heavy (non-hydrogen) atoms. The predicted octanol–water partition coefficient (Wildman–Crippen LogP) is 3.29. The number of aryl methyl sites for hydroxylation is 1. The van der Waals surface area contributed by atoms with Crippen LogP contribution in [0.15, 0.2) is 53.7 Å². The van der Waals surface area contributed by atoms with Gasteiger partial charge in [0.1, 0.15) is 11.9 Å². The zero-order valence-electron chi connectivity index (χ0n) is 19.1. The van der Waals surface area contributed by atoms with Crippen LogP contribution in [0, 0.1) is 5.82 Å². The number of nitrogens with zero attached hydrogens (tertiary/aromatic N) is 3. The second-order valence-electron chi connectivity index (χ2n) is 7.77. The van der Waals surface area contributed by atoms with Crippen molar-refractivity contribution < 1.29 is 23.8 Å². The third-order valence-electron chi connectivity index (χ3n) is 5.52. The fourth-order valence-corrected chi connectivity index (χ4v) is 3.90. The van der Waals surface area contributed by atoms with Gasteiger partial charge in [-0.2, -0.15) is 10.1 Å². The first-order valence-electron chi connectivity index (χ1n) is 10.8. The number of amides is 1. The first-order valence-corrected chi connectivity index (χ1v) is 10.8. The molecule has 9 nitrogen and oxygen atoms in total. The van der Waals surface area contributed by atoms with Crippen LogP contribution in [0.2, 0.25) is 0 Å². The monoisotopic (exact) mass is 467 g/mol. The van der Waals surface area contributed by atoms with E-state index in [2.05, 4.69) is 20.7 Å². The van der Waals surface area contributed by atoms with Gasteiger partial charge in [0.15, 0.2) is 17.3 Å². The molecule has 0 saturated carbocycles. The Labute approximate surface area is 196 Å². The summed E-state index contributed by atoms with van der Waals surface area (Å²) in [5, 5.41) is 19.8. The van der Waals surface area contributed by atoms with Crippen LogP contribution >= 0.6 is 0 Å². The first kappa shape index (κ1) is 23.2. The van der Waals surface area contributed by atoms with Crippen molar-refractivity contribution >= 4 is 17.5 Å². The summed E-state index contributed by atoms with van der Waals surface area (Å²) in [6, 6.07) is 10.4. The van der Waals surface area contributed by atoms with Gasteiger partial charge in [-0.25, -0.2) is 9.07 Å². The van der Waals surface area contributed by atoms with Crippen molar-refractivity contribution in [2.45, 2.75) is 25.8 Å². The average molecular weight is 468 g/mol. The maximum absolute atomic E-state index is 13.5. The summed E-state index contributed by atoms with van der Waals surface area (Å²) in [5.41, 5.74) is 2.23. The summed E-state index contributed by atoms with van der Waals surface area (Å²) < 4.78 is 25.8. The predicted molar refractivity (Wildman–Crippen MR) is 124 cm³/mol. The molecule has 10 heteroatoms. The minimum Gasteiger partial charge on any atom is -0.493 e. The van der Waals surface area contributed by atoms with Crippen LogP contribution in [0.3, 0.4) is 0 Å². The molecule has 4 rings (SSSR count). The summed E-state index contributed by atoms with van der Waals surface area (Å²) in [4.78, 5) is 18.0. The van der Waals surface area contributed by atoms with Gasteiger partial charge in [-0.3, -0.25) is 4.79 Å². The van der Waals surface area contributed by atoms with E-state index >= 15 is 0 Å². The number of carbonyl (C=O) groups excluding carboxylic acids is 1. The smallest absolute Gasteiger partial charge is 0.255 e. The second kappa shape index (κ2) is 9.92. The lowest BCUT2D eigenvalue weighted by Gasteiger charge is -2.29. The molecule has 178 valence electrons. The zero-order valence-corrected chi connectivity index (χ0v) is 19.1. The number of allylic oxidation sites excluding steroid dienone is 1. The van der Waals surface area contributed by atoms with Gasteiger partial charge in [0.2, 0.25) is 5.95 Å². The molecule has 2 heterocycles. The van der Waals surface area contributed by atoms with Crippen molar-refractivity contribution in [1.82, 2.24) is 14.8 Å². The minimum atomic E-state index is -0.619. The number of aliphatic hydroxyl groups is 1. The van der Waals surface area contributed by atoms with E-state index in [9.17, 15) is 14.3 Å². The Morgan fingerprint density at radius 2 is 1.91 bits per heavy atom. The van der Waals surface area contributed by atoms with Gasteiger partial charge in [0, 0.05) is 24.4 Å². The van der Waals surface area contributed by atoms with E-state index in [4.69, 9.17) is 9.47 Å². The van der Waals surface area contributed by atoms with Gasteiger partial charge in [0.05, 0.1) is 19.8 Å². The number of fused-ring (bicyclic) bond motifs is 1. The first-order chi connectivity index (χ1) is 16.4. The number of halogens is 1. The number of methoxy groups -OCH3 is 2. The van der Waals surface area contributed by atoms with Gasteiger partial charge in [-0.15, -0.1) is 0 Å². The number of aliphatic hydroxyl groups excluding tert-OH is 1. The minimum absolute atomic E-state index is 0.0268. The maximum atomic E-state index is 13.5. The molecule has 1 amide bonds. The van der Waals surface area contributed by atoms with E-state index in [1.165, 1.54) is 24.3 Å². The molecule has 0 radical (unpaired) electrons. The molecule has 0 unspecified atom stereocenters. The molecular formula is C24H26FN5O4. The number of rotatable bonds is 8. The fraction of sp³-hybridized carbons (Fsp3) is 0.292. The molecule has 1 aliphatic heterocycles. The van der Waals surface area contributed by atoms with Crippen molar-refractivity contribution in [3.63, 3.8) is 0 Å². The number of carbonyl (C=O) groups is 1. The van der Waals surface area contributed by atoms with Crippen molar-refractivity contribution in [2.75, 3.05) is 31.5 Å². The van der Waals surface area contributed by atoms with Crippen LogP contribution < -0.4 is 20.1 Å². The Bertz CT molecular complexity index is 1220. The number of benzene rings is 2. The number of hydrogen-bond acceptors (Lipinski definition) is 7. The number of nitrogens with one attached hydrogen (secondary N) is 2. The Morgan fingerprint density at radius 3 is 2.59 bits per heavy atom. The lowest BCUT2D eigenvalue weighted by atomic mass is 9.94. The summed E-state index contributed by atoms with van der Waals surface area (Å²) in [5.74, 6) is 1.35. The topological polar surface area (TPSA) is 111 Å². The van der Waals surface area contributed by atoms with E-state index < -0.39 is 11.9 Å². The van der Waals surface area contributed by atoms with Crippen molar-refractivity contribution in [3.8, 4) is 11.5 Å². The van der Waals surface area contributed by atoms with E-state index in [1.807, 2.05) is 6.07 Å². The Kier molecular flexibility index (Phi) is 6.78. The molecule has 3 aromatic rings. The number of hydrogen-bond donors (Lipinski definition) is 3. The standard InChI is InChI=1S/C24H26FN5O4/c1-14-21(23(32)27-17-9-7-16(25)8-10-17)22(15-6-11-18(33-2)19(13-15)34-3)30-24(26-14)28-20(29-30)5-4-12-31/h6-11,13,22,31H,4-5,12H2,1-3H3,(H,27,32)(H,26,28,29)/t22-/m1/s1. The quantitative estimate of drug-likeness (QED) is 0.466. The maximum Gasteiger partial charge on any atom is 0.255 e. The van der Waals surface area contributed by atoms with Gasteiger partial charge in [-0.05, 0) is 55.3 Å². The molecule has 2 aromatic carbocycles. The highest BCUT2D eigenvalue weighted by Gasteiger charge is 2.34. The molecule has 1 atom stereocenters. The highest BCUT2D eigenvalue weighted by atomic mass is 19.1. The fourth-order valence-electron chi connectivity index (χ4n) is 3.90. The van der Waals surface area contributed by atoms with Gasteiger partial charge < -0.3 is 25.2 Å². The third-order valence-corrected chi connectivity index (χ3v) is 5.52. The summed E-state index contributed by atoms with van der Waals surface area (Å²) >= 11 is 0. The summed E-state index contributed by atoms with van der Waals surface area (Å²) in [6.07, 6.45) is 1.02. The van der Waals surface area contributed by atoms with Gasteiger partial charge >= 0.3 is 0 Å². The number of anilines is 2. The molecule has 0 aliphatic carbocycles. The zero-order chi connectivity index (χ0) is 24.2. The Hall–Kier alpha value is -3.92. The SMILES string of the molecule is COc1ccc([C@@H]2C(C(=O)Nc3ccc(F)cc3)=C(C)Nc3nc(CCCO)nn32)cc1OC. The molecule has 0 saturated heterocycles.